The van der Waals surface area contributed by atoms with Gasteiger partial charge in [-0.25, -0.2) is 0 Å². The van der Waals surface area contributed by atoms with Gasteiger partial charge in [-0.15, -0.1) is 0 Å². The second-order valence-corrected chi connectivity index (χ2v) is 10.5. The van der Waals surface area contributed by atoms with Crippen LogP contribution in [0.1, 0.15) is 13.3 Å². The molecular weight excluding hydrogens is 617 g/mol. The van der Waals surface area contributed by atoms with Gasteiger partial charge in [-0.2, -0.15) is 0 Å². The molecule has 20 nitrogen and oxygen atoms in total. The van der Waals surface area contributed by atoms with Gasteiger partial charge in [0.05, 0.1) is 32.0 Å². The topological polar surface area (TPSA) is 338 Å². The maximum absolute atomic E-state index is 12.4. The normalized spacial score (nSPS) is 44.2. The van der Waals surface area contributed by atoms with E-state index in [0.717, 1.165) is 6.92 Å². The molecule has 0 saturated carbocycles. The molecule has 3 saturated heterocycles. The molecule has 12 N–H and O–H groups in total. The van der Waals surface area contributed by atoms with E-state index < -0.39 is 136 Å². The van der Waals surface area contributed by atoms with Crippen molar-refractivity contribution in [3.63, 3.8) is 0 Å². The van der Waals surface area contributed by atoms with Crippen LogP contribution in [0.3, 0.4) is 0 Å². The van der Waals surface area contributed by atoms with Gasteiger partial charge in [0.2, 0.25) is 11.7 Å². The summed E-state index contributed by atoms with van der Waals surface area (Å²) in [5.41, 5.74) is 0. The molecule has 0 aromatic heterocycles. The van der Waals surface area contributed by atoms with Crippen molar-refractivity contribution >= 4 is 11.9 Å². The number of carboxylic acids is 1. The number of aliphatic hydroxyl groups is 11. The van der Waals surface area contributed by atoms with Gasteiger partial charge in [-0.1, -0.05) is 0 Å². The van der Waals surface area contributed by atoms with E-state index in [1.54, 1.807) is 0 Å². The molecule has 0 aromatic carbocycles. The number of carboxylic acid groups (broad SMARTS) is 1. The molecule has 3 aliphatic heterocycles. The number of amides is 1. The molecule has 1 amide bonds. The molecule has 3 fully saturated rings. The molecule has 44 heavy (non-hydrogen) atoms. The van der Waals surface area contributed by atoms with E-state index in [-0.39, 0.29) is 29.6 Å². The van der Waals surface area contributed by atoms with Crippen LogP contribution in [0.4, 0.5) is 0 Å². The minimum atomic E-state index is -3.13. The van der Waals surface area contributed by atoms with Crippen molar-refractivity contribution in [2.24, 2.45) is 0 Å². The van der Waals surface area contributed by atoms with Crippen molar-refractivity contribution in [3.8, 4) is 0 Å². The fourth-order valence-electron chi connectivity index (χ4n) is 5.15. The van der Waals surface area contributed by atoms with Crippen LogP contribution >= 0.6 is 0 Å². The fourth-order valence-corrected chi connectivity index (χ4v) is 5.15. The van der Waals surface area contributed by atoms with Crippen LogP contribution in [0.5, 0.6) is 0 Å². The Morgan fingerprint density at radius 2 is 1.55 bits per heavy atom. The Bertz CT molecular complexity index is 949. The van der Waals surface area contributed by atoms with Gasteiger partial charge < -0.3 is 95.1 Å². The van der Waals surface area contributed by atoms with Crippen molar-refractivity contribution in [2.75, 3.05) is 19.8 Å². The molecule has 3 heterocycles. The standard InChI is InChI=1S/C23H39NO19.Na/c1-6(28)24-11-7(29)2-23(22(37)38,42-18(11)12(31)8(30)3-25)43-19-13(32)9(4-26)40-21(16(19)35)41-17-10(5-27)39-20(36)15(34)14(17)33;/h7-21,25-27,29-36H,2-5H2,1H3,(H,24,28)(H,37,38);/q;+1/p-1/t7-,8+,9+,10+,11+,12+,13-,14+,15+,16+,17+,18+,19-,20?,21-,23?;/m0./s1. The number of ether oxygens (including phenoxy) is 5. The van der Waals surface area contributed by atoms with Crippen molar-refractivity contribution in [1.82, 2.24) is 5.32 Å². The second-order valence-electron chi connectivity index (χ2n) is 10.5. The number of rotatable bonds is 11. The van der Waals surface area contributed by atoms with Crippen LogP contribution in [0.25, 0.3) is 0 Å². The van der Waals surface area contributed by atoms with Gasteiger partial charge in [0, 0.05) is 13.3 Å². The largest absolute Gasteiger partial charge is 1.00 e. The number of hydrogen-bond acceptors (Lipinski definition) is 19. The SMILES string of the molecule is CC(=O)N[C@H]1[C@H]([C@H](O)[C@H](O)CO)OC(O[C@H]2[C@@H](O)[C@@H](CO)O[C@@H](O[C@H]3[C@H](O)[C@@H](O)C(O)O[C@@H]3CO)[C@@H]2O)(C(=O)[O-])C[C@@H]1O.[Na+]. The van der Waals surface area contributed by atoms with Crippen LogP contribution in [-0.4, -0.2) is 186 Å². The summed E-state index contributed by atoms with van der Waals surface area (Å²) in [7, 11) is 0. The first-order chi connectivity index (χ1) is 20.1. The molecule has 0 bridgehead atoms. The summed E-state index contributed by atoms with van der Waals surface area (Å²) in [4.78, 5) is 24.1. The maximum Gasteiger partial charge on any atom is 1.00 e. The van der Waals surface area contributed by atoms with E-state index in [1.807, 2.05) is 0 Å². The molecule has 250 valence electrons. The average Bonchev–Trinajstić information content (AvgIpc) is 2.96. The van der Waals surface area contributed by atoms with Crippen LogP contribution in [0, 0.1) is 0 Å². The zero-order valence-corrected chi connectivity index (χ0v) is 25.7. The Balaban J connectivity index is 0.00000675. The predicted octanol–water partition coefficient (Wildman–Crippen LogP) is -12.6. The number of carbonyl (C=O) groups is 2. The molecule has 0 spiro atoms. The third-order valence-electron chi connectivity index (χ3n) is 7.45. The first-order valence-corrected chi connectivity index (χ1v) is 13.2. The smallest absolute Gasteiger partial charge is 0.544 e. The van der Waals surface area contributed by atoms with Gasteiger partial charge in [-0.05, 0) is 0 Å². The molecule has 0 radical (unpaired) electrons. The summed E-state index contributed by atoms with van der Waals surface area (Å²) < 4.78 is 26.7. The number of aliphatic hydroxyl groups excluding tert-OH is 11. The second kappa shape index (κ2) is 16.4. The van der Waals surface area contributed by atoms with Crippen molar-refractivity contribution in [1.29, 1.82) is 0 Å². The van der Waals surface area contributed by atoms with Crippen LogP contribution in [0.15, 0.2) is 0 Å². The Labute approximate surface area is 271 Å². The Hall–Kier alpha value is -0.700. The van der Waals surface area contributed by atoms with E-state index in [4.69, 9.17) is 23.7 Å². The van der Waals surface area contributed by atoms with E-state index in [9.17, 15) is 70.9 Å². The third-order valence-corrected chi connectivity index (χ3v) is 7.45. The molecule has 16 atom stereocenters. The number of aliphatic carboxylic acids is 1. The maximum atomic E-state index is 12.4. The summed E-state index contributed by atoms with van der Waals surface area (Å²) >= 11 is 0. The van der Waals surface area contributed by atoms with Gasteiger partial charge >= 0.3 is 29.6 Å². The summed E-state index contributed by atoms with van der Waals surface area (Å²) in [6.45, 7) is -1.90. The van der Waals surface area contributed by atoms with Crippen LogP contribution in [-0.2, 0) is 33.3 Å². The molecule has 0 aromatic rings. The number of carbonyl (C=O) groups excluding carboxylic acids is 2. The average molecular weight is 656 g/mol. The zero-order valence-electron chi connectivity index (χ0n) is 23.7. The minimum absolute atomic E-state index is 0. The van der Waals surface area contributed by atoms with Crippen molar-refractivity contribution < 1.29 is 124 Å². The molecular formula is C23H38NNaO19. The summed E-state index contributed by atoms with van der Waals surface area (Å²) in [6.07, 6.45) is -28.2. The number of nitrogens with one attached hydrogen (secondary N) is 1. The number of hydrogen-bond donors (Lipinski definition) is 12. The van der Waals surface area contributed by atoms with Crippen LogP contribution < -0.4 is 40.0 Å². The third kappa shape index (κ3) is 8.23. The molecule has 0 aliphatic carbocycles. The van der Waals surface area contributed by atoms with Crippen LogP contribution in [0.2, 0.25) is 0 Å². The van der Waals surface area contributed by atoms with Gasteiger partial charge in [0.1, 0.15) is 73.1 Å². The molecule has 21 heteroatoms. The van der Waals surface area contributed by atoms with E-state index in [0.29, 0.717) is 0 Å². The first-order valence-electron chi connectivity index (χ1n) is 13.2. The Kier molecular flexibility index (Phi) is 14.7. The van der Waals surface area contributed by atoms with Gasteiger partial charge in [-0.3, -0.25) is 4.79 Å². The molecule has 3 aliphatic rings. The quantitative estimate of drug-likeness (QED) is 0.0919. The first kappa shape index (κ1) is 39.5. The van der Waals surface area contributed by atoms with Crippen molar-refractivity contribution in [3.05, 3.63) is 0 Å². The van der Waals surface area contributed by atoms with Gasteiger partial charge in [0.25, 0.3) is 0 Å². The minimum Gasteiger partial charge on any atom is -0.544 e. The summed E-state index contributed by atoms with van der Waals surface area (Å²) in [6, 6.07) is -1.57. The summed E-state index contributed by atoms with van der Waals surface area (Å²) in [5.74, 6) is -6.12. The van der Waals surface area contributed by atoms with Gasteiger partial charge in [0.15, 0.2) is 12.6 Å². The summed E-state index contributed by atoms with van der Waals surface area (Å²) in [5, 5.41) is 127. The van der Waals surface area contributed by atoms with E-state index in [2.05, 4.69) is 5.32 Å². The van der Waals surface area contributed by atoms with E-state index >= 15 is 0 Å². The predicted molar refractivity (Wildman–Crippen MR) is 127 cm³/mol. The zero-order chi connectivity index (χ0) is 32.4. The monoisotopic (exact) mass is 655 g/mol. The van der Waals surface area contributed by atoms with Crippen molar-refractivity contribution in [2.45, 2.75) is 111 Å². The van der Waals surface area contributed by atoms with E-state index in [1.165, 1.54) is 0 Å². The Morgan fingerprint density at radius 3 is 2.07 bits per heavy atom. The fraction of sp³-hybridized carbons (Fsp3) is 0.913. The molecule has 3 rings (SSSR count). The molecule has 2 unspecified atom stereocenters. The Morgan fingerprint density at radius 1 is 0.932 bits per heavy atom.